The third-order valence-electron chi connectivity index (χ3n) is 2.98. The number of carbonyl (C=O) groups excluding carboxylic acids is 1. The van der Waals surface area contributed by atoms with Crippen molar-refractivity contribution in [3.63, 3.8) is 0 Å². The number of rotatable bonds is 4. The second-order valence-corrected chi connectivity index (χ2v) is 4.42. The minimum Gasteiger partial charge on any atom is -0.450 e. The number of para-hydroxylation sites is 1. The van der Waals surface area contributed by atoms with E-state index in [9.17, 15) is 14.9 Å². The molecule has 0 atom stereocenters. The van der Waals surface area contributed by atoms with Gasteiger partial charge in [-0.3, -0.25) is 14.9 Å². The average molecular weight is 271 g/mol. The zero-order chi connectivity index (χ0) is 14.7. The number of hydrogen-bond donors (Lipinski definition) is 0. The maximum absolute atomic E-state index is 11.0. The van der Waals surface area contributed by atoms with Gasteiger partial charge < -0.3 is 4.74 Å². The zero-order valence-electron chi connectivity index (χ0n) is 11.1. The van der Waals surface area contributed by atoms with Crippen molar-refractivity contribution >= 4 is 12.0 Å². The minimum absolute atomic E-state index is 0.0814. The van der Waals surface area contributed by atoms with E-state index in [0.717, 1.165) is 11.8 Å². The summed E-state index contributed by atoms with van der Waals surface area (Å²) in [5, 5.41) is 11.0. The molecule has 0 amide bonds. The molecule has 2 aromatic carbocycles. The number of nitro benzene ring substituents is 1. The Balaban J connectivity index is 2.42. The van der Waals surface area contributed by atoms with E-state index in [2.05, 4.69) is 0 Å². The van der Waals surface area contributed by atoms with Crippen LogP contribution in [-0.4, -0.2) is 11.2 Å². The number of ether oxygens (including phenoxy) is 1. The van der Waals surface area contributed by atoms with Gasteiger partial charge in [-0.15, -0.1) is 0 Å². The molecule has 0 unspecified atom stereocenters. The van der Waals surface area contributed by atoms with E-state index in [0.29, 0.717) is 16.9 Å². The largest absolute Gasteiger partial charge is 0.450 e. The Morgan fingerprint density at radius 2 is 1.90 bits per heavy atom. The SMILES string of the molecule is Cc1cc(Oc2c(C)cccc2[N+](=O)[O-])ccc1C=O. The number of aryl methyl sites for hydroxylation is 2. The lowest BCUT2D eigenvalue weighted by Gasteiger charge is -2.10. The summed E-state index contributed by atoms with van der Waals surface area (Å²) in [4.78, 5) is 21.3. The van der Waals surface area contributed by atoms with Crippen LogP contribution < -0.4 is 4.74 Å². The fraction of sp³-hybridized carbons (Fsp3) is 0.133. The Kier molecular flexibility index (Phi) is 3.79. The van der Waals surface area contributed by atoms with Crippen LogP contribution in [0.1, 0.15) is 21.5 Å². The monoisotopic (exact) mass is 271 g/mol. The Morgan fingerprint density at radius 1 is 1.15 bits per heavy atom. The molecule has 0 N–H and O–H groups in total. The van der Waals surface area contributed by atoms with Crippen molar-refractivity contribution in [2.24, 2.45) is 0 Å². The van der Waals surface area contributed by atoms with Crippen molar-refractivity contribution < 1.29 is 14.5 Å². The highest BCUT2D eigenvalue weighted by atomic mass is 16.6. The van der Waals surface area contributed by atoms with Crippen molar-refractivity contribution in [3.05, 3.63) is 63.2 Å². The summed E-state index contributed by atoms with van der Waals surface area (Å²) in [7, 11) is 0. The Labute approximate surface area is 116 Å². The lowest BCUT2D eigenvalue weighted by molar-refractivity contribution is -0.385. The number of benzene rings is 2. The Morgan fingerprint density at radius 3 is 2.50 bits per heavy atom. The number of nitro groups is 1. The van der Waals surface area contributed by atoms with E-state index < -0.39 is 4.92 Å². The van der Waals surface area contributed by atoms with E-state index in [-0.39, 0.29) is 11.4 Å². The molecular weight excluding hydrogens is 258 g/mol. The highest BCUT2D eigenvalue weighted by Crippen LogP contribution is 2.34. The van der Waals surface area contributed by atoms with Gasteiger partial charge in [-0.05, 0) is 43.2 Å². The Bertz CT molecular complexity index is 680. The molecule has 0 spiro atoms. The van der Waals surface area contributed by atoms with Gasteiger partial charge in [-0.2, -0.15) is 0 Å². The molecule has 0 saturated heterocycles. The van der Waals surface area contributed by atoms with Crippen molar-refractivity contribution in [1.82, 2.24) is 0 Å². The highest BCUT2D eigenvalue weighted by molar-refractivity contribution is 5.77. The van der Waals surface area contributed by atoms with Crippen LogP contribution in [0.5, 0.6) is 11.5 Å². The molecule has 0 aliphatic carbocycles. The minimum atomic E-state index is -0.477. The molecule has 0 fully saturated rings. The molecule has 0 aliphatic rings. The van der Waals surface area contributed by atoms with Gasteiger partial charge in [0.05, 0.1) is 4.92 Å². The molecule has 2 aromatic rings. The smallest absolute Gasteiger partial charge is 0.311 e. The maximum atomic E-state index is 11.0. The van der Waals surface area contributed by atoms with Crippen LogP contribution in [0.3, 0.4) is 0 Å². The van der Waals surface area contributed by atoms with Gasteiger partial charge in [0.1, 0.15) is 12.0 Å². The molecule has 0 radical (unpaired) electrons. The quantitative estimate of drug-likeness (QED) is 0.481. The molecule has 0 heterocycles. The van der Waals surface area contributed by atoms with Crippen LogP contribution in [0.4, 0.5) is 5.69 Å². The molecule has 0 aromatic heterocycles. The van der Waals surface area contributed by atoms with E-state index >= 15 is 0 Å². The predicted molar refractivity (Wildman–Crippen MR) is 74.5 cm³/mol. The number of nitrogens with zero attached hydrogens (tertiary/aromatic N) is 1. The van der Waals surface area contributed by atoms with E-state index in [1.807, 2.05) is 0 Å². The third-order valence-corrected chi connectivity index (χ3v) is 2.98. The van der Waals surface area contributed by atoms with Crippen LogP contribution in [0.25, 0.3) is 0 Å². The molecule has 2 rings (SSSR count). The summed E-state index contributed by atoms with van der Waals surface area (Å²) in [6.07, 6.45) is 0.759. The predicted octanol–water partition coefficient (Wildman–Crippen LogP) is 3.82. The van der Waals surface area contributed by atoms with Gasteiger partial charge in [0.15, 0.2) is 0 Å². The summed E-state index contributed by atoms with van der Waals surface area (Å²) in [6.45, 7) is 3.53. The molecule has 0 bridgehead atoms. The zero-order valence-corrected chi connectivity index (χ0v) is 11.1. The van der Waals surface area contributed by atoms with Gasteiger partial charge in [0.25, 0.3) is 0 Å². The van der Waals surface area contributed by atoms with Crippen LogP contribution in [0, 0.1) is 24.0 Å². The van der Waals surface area contributed by atoms with Crippen LogP contribution in [-0.2, 0) is 0 Å². The van der Waals surface area contributed by atoms with Gasteiger partial charge in [-0.1, -0.05) is 12.1 Å². The van der Waals surface area contributed by atoms with Crippen molar-refractivity contribution in [2.45, 2.75) is 13.8 Å². The second-order valence-electron chi connectivity index (χ2n) is 4.42. The summed E-state index contributed by atoms with van der Waals surface area (Å²) in [6, 6.07) is 9.68. The summed E-state index contributed by atoms with van der Waals surface area (Å²) >= 11 is 0. The molecule has 20 heavy (non-hydrogen) atoms. The molecule has 5 nitrogen and oxygen atoms in total. The average Bonchev–Trinajstić information content (AvgIpc) is 2.41. The summed E-state index contributed by atoms with van der Waals surface area (Å²) in [5.74, 6) is 0.682. The van der Waals surface area contributed by atoms with Crippen molar-refractivity contribution in [2.75, 3.05) is 0 Å². The summed E-state index contributed by atoms with van der Waals surface area (Å²) in [5.41, 5.74) is 1.92. The molecular formula is C15H13NO4. The van der Waals surface area contributed by atoms with E-state index in [1.165, 1.54) is 6.07 Å². The lowest BCUT2D eigenvalue weighted by atomic mass is 10.1. The highest BCUT2D eigenvalue weighted by Gasteiger charge is 2.17. The first-order valence-electron chi connectivity index (χ1n) is 6.00. The van der Waals surface area contributed by atoms with Gasteiger partial charge >= 0.3 is 5.69 Å². The first-order chi connectivity index (χ1) is 9.52. The van der Waals surface area contributed by atoms with Gasteiger partial charge in [0.2, 0.25) is 5.75 Å². The van der Waals surface area contributed by atoms with Crippen LogP contribution >= 0.6 is 0 Å². The topological polar surface area (TPSA) is 69.4 Å². The lowest BCUT2D eigenvalue weighted by Crippen LogP contribution is -1.96. The number of carbonyl (C=O) groups is 1. The normalized spacial score (nSPS) is 10.1. The van der Waals surface area contributed by atoms with Crippen molar-refractivity contribution in [1.29, 1.82) is 0 Å². The van der Waals surface area contributed by atoms with Crippen molar-refractivity contribution in [3.8, 4) is 11.5 Å². The molecule has 0 saturated carbocycles. The van der Waals surface area contributed by atoms with Gasteiger partial charge in [-0.25, -0.2) is 0 Å². The number of hydrogen-bond acceptors (Lipinski definition) is 4. The molecule has 5 heteroatoms. The first-order valence-corrected chi connectivity index (χ1v) is 6.00. The Hall–Kier alpha value is -2.69. The maximum Gasteiger partial charge on any atom is 0.311 e. The molecule has 102 valence electrons. The van der Waals surface area contributed by atoms with Crippen LogP contribution in [0.2, 0.25) is 0 Å². The summed E-state index contributed by atoms with van der Waals surface area (Å²) < 4.78 is 5.62. The first kappa shape index (κ1) is 13.7. The molecule has 0 aliphatic heterocycles. The number of aldehydes is 1. The third kappa shape index (κ3) is 2.66. The van der Waals surface area contributed by atoms with E-state index in [4.69, 9.17) is 4.74 Å². The fourth-order valence-electron chi connectivity index (χ4n) is 1.88. The van der Waals surface area contributed by atoms with E-state index in [1.54, 1.807) is 44.2 Å². The second kappa shape index (κ2) is 5.52. The van der Waals surface area contributed by atoms with Crippen LogP contribution in [0.15, 0.2) is 36.4 Å². The standard InChI is InChI=1S/C15H13NO4/c1-10-4-3-5-14(16(18)19)15(10)20-13-7-6-12(9-17)11(2)8-13/h3-9H,1-2H3. The fourth-order valence-corrected chi connectivity index (χ4v) is 1.88. The van der Waals surface area contributed by atoms with Gasteiger partial charge in [0, 0.05) is 11.6 Å².